The van der Waals surface area contributed by atoms with Gasteiger partial charge in [-0.1, -0.05) is 56.4 Å². The van der Waals surface area contributed by atoms with Gasteiger partial charge in [-0.15, -0.1) is 0 Å². The van der Waals surface area contributed by atoms with E-state index in [9.17, 15) is 4.79 Å². The van der Waals surface area contributed by atoms with Crippen molar-refractivity contribution >= 4 is 11.6 Å². The highest BCUT2D eigenvalue weighted by Crippen LogP contribution is 2.54. The number of fused-ring (bicyclic) bond motifs is 5. The first-order valence-electron chi connectivity index (χ1n) is 17.7. The van der Waals surface area contributed by atoms with Crippen LogP contribution in [0.1, 0.15) is 83.5 Å². The monoisotopic (exact) mass is 632 g/mol. The van der Waals surface area contributed by atoms with Crippen molar-refractivity contribution in [3.05, 3.63) is 65.0 Å². The fourth-order valence-corrected chi connectivity index (χ4v) is 8.31. The first kappa shape index (κ1) is 34.7. The van der Waals surface area contributed by atoms with Crippen LogP contribution in [0.4, 0.5) is 5.69 Å². The summed E-state index contributed by atoms with van der Waals surface area (Å²) in [6, 6.07) is 6.98. The minimum absolute atomic E-state index is 0.0251. The SMILES string of the molecule is COC1=CC2C=C(C(=O)NCCN(C)CCN(C)C)CN3c4cc(C(C)OC(C)(C)C)ccc4CC3(CC3CCCCC3)C2C=C1. The van der Waals surface area contributed by atoms with E-state index in [0.717, 1.165) is 43.8 Å². The van der Waals surface area contributed by atoms with Crippen LogP contribution in [0.25, 0.3) is 0 Å². The predicted molar refractivity (Wildman–Crippen MR) is 189 cm³/mol. The van der Waals surface area contributed by atoms with E-state index in [1.807, 2.05) is 0 Å². The molecule has 254 valence electrons. The number of nitrogens with zero attached hydrogens (tertiary/aromatic N) is 3. The molecule has 0 bridgehead atoms. The van der Waals surface area contributed by atoms with E-state index in [2.05, 4.69) is 111 Å². The molecule has 1 aromatic rings. The molecule has 1 amide bonds. The lowest BCUT2D eigenvalue weighted by molar-refractivity contribution is -0.117. The number of methoxy groups -OCH3 is 1. The van der Waals surface area contributed by atoms with Gasteiger partial charge < -0.3 is 29.5 Å². The van der Waals surface area contributed by atoms with Gasteiger partial charge in [-0.2, -0.15) is 0 Å². The molecule has 4 atom stereocenters. The van der Waals surface area contributed by atoms with E-state index in [1.165, 1.54) is 48.9 Å². The molecule has 2 aliphatic carbocycles. The maximum absolute atomic E-state index is 14.0. The Bertz CT molecular complexity index is 1300. The van der Waals surface area contributed by atoms with Crippen molar-refractivity contribution in [2.24, 2.45) is 17.8 Å². The number of likely N-dealkylation sites (N-methyl/N-ethyl adjacent to an activating group) is 2. The third-order valence-corrected chi connectivity index (χ3v) is 10.6. The highest BCUT2D eigenvalue weighted by molar-refractivity contribution is 5.95. The quantitative estimate of drug-likeness (QED) is 0.283. The van der Waals surface area contributed by atoms with Gasteiger partial charge in [0.1, 0.15) is 5.76 Å². The van der Waals surface area contributed by atoms with Gasteiger partial charge in [0.15, 0.2) is 0 Å². The summed E-state index contributed by atoms with van der Waals surface area (Å²) in [6.07, 6.45) is 17.8. The first-order valence-corrected chi connectivity index (χ1v) is 17.7. The van der Waals surface area contributed by atoms with Crippen molar-refractivity contribution in [3.8, 4) is 0 Å². The molecule has 7 nitrogen and oxygen atoms in total. The third-order valence-electron chi connectivity index (χ3n) is 10.6. The normalized spacial score (nSPS) is 25.4. The number of nitrogens with one attached hydrogen (secondary N) is 1. The number of hydrogen-bond donors (Lipinski definition) is 1. The Labute approximate surface area is 279 Å². The number of rotatable bonds is 12. The first-order chi connectivity index (χ1) is 21.9. The second-order valence-corrected chi connectivity index (χ2v) is 15.6. The molecule has 1 N–H and O–H groups in total. The van der Waals surface area contributed by atoms with Crippen LogP contribution < -0.4 is 10.2 Å². The Kier molecular flexibility index (Phi) is 11.1. The van der Waals surface area contributed by atoms with Gasteiger partial charge in [-0.25, -0.2) is 0 Å². The molecule has 0 radical (unpaired) electrons. The molecule has 0 spiro atoms. The topological polar surface area (TPSA) is 57.3 Å². The predicted octanol–water partition coefficient (Wildman–Crippen LogP) is 6.52. The van der Waals surface area contributed by atoms with Gasteiger partial charge in [-0.3, -0.25) is 4.79 Å². The van der Waals surface area contributed by atoms with E-state index in [4.69, 9.17) is 9.47 Å². The number of hydrogen-bond acceptors (Lipinski definition) is 6. The Morgan fingerprint density at radius 1 is 1.09 bits per heavy atom. The summed E-state index contributed by atoms with van der Waals surface area (Å²) in [5.41, 5.74) is 4.37. The molecule has 0 saturated heterocycles. The zero-order chi connectivity index (χ0) is 33.1. The van der Waals surface area contributed by atoms with Crippen molar-refractivity contribution in [2.45, 2.75) is 89.9 Å². The molecular formula is C39H60N4O3. The van der Waals surface area contributed by atoms with Crippen LogP contribution in [0, 0.1) is 17.8 Å². The van der Waals surface area contributed by atoms with Crippen molar-refractivity contribution < 1.29 is 14.3 Å². The van der Waals surface area contributed by atoms with E-state index in [0.29, 0.717) is 19.0 Å². The summed E-state index contributed by atoms with van der Waals surface area (Å²) in [7, 11) is 8.06. The third kappa shape index (κ3) is 8.08. The molecule has 5 rings (SSSR count). The Morgan fingerprint density at radius 2 is 1.85 bits per heavy atom. The van der Waals surface area contributed by atoms with Gasteiger partial charge in [-0.05, 0) is 96.9 Å². The fourth-order valence-electron chi connectivity index (χ4n) is 8.31. The van der Waals surface area contributed by atoms with Crippen LogP contribution >= 0.6 is 0 Å². The molecular weight excluding hydrogens is 572 g/mol. The largest absolute Gasteiger partial charge is 0.497 e. The van der Waals surface area contributed by atoms with Crippen molar-refractivity contribution in [1.82, 2.24) is 15.1 Å². The van der Waals surface area contributed by atoms with Gasteiger partial charge in [0, 0.05) is 55.8 Å². The van der Waals surface area contributed by atoms with Gasteiger partial charge in [0.25, 0.3) is 0 Å². The molecule has 1 aromatic carbocycles. The van der Waals surface area contributed by atoms with Crippen LogP contribution in [0.2, 0.25) is 0 Å². The number of allylic oxidation sites excluding steroid dienone is 3. The fraction of sp³-hybridized carbons (Fsp3) is 0.667. The van der Waals surface area contributed by atoms with E-state index in [-0.39, 0.29) is 35.0 Å². The Balaban J connectivity index is 1.49. The molecule has 4 aliphatic rings. The van der Waals surface area contributed by atoms with Crippen LogP contribution in [-0.4, -0.2) is 87.8 Å². The summed E-state index contributed by atoms with van der Waals surface area (Å²) in [6.45, 7) is 12.5. The maximum Gasteiger partial charge on any atom is 0.248 e. The Hall–Kier alpha value is -2.61. The number of benzene rings is 1. The molecule has 1 saturated carbocycles. The van der Waals surface area contributed by atoms with Gasteiger partial charge >= 0.3 is 0 Å². The molecule has 46 heavy (non-hydrogen) atoms. The second-order valence-electron chi connectivity index (χ2n) is 15.6. The van der Waals surface area contributed by atoms with Gasteiger partial charge in [0.05, 0.1) is 24.4 Å². The lowest BCUT2D eigenvalue weighted by Gasteiger charge is -2.48. The zero-order valence-corrected chi connectivity index (χ0v) is 29.9. The van der Waals surface area contributed by atoms with Crippen LogP contribution in [-0.2, 0) is 20.7 Å². The summed E-state index contributed by atoms with van der Waals surface area (Å²) in [5.74, 6) is 1.96. The smallest absolute Gasteiger partial charge is 0.248 e. The summed E-state index contributed by atoms with van der Waals surface area (Å²) < 4.78 is 12.2. The summed E-state index contributed by atoms with van der Waals surface area (Å²) in [5, 5.41) is 3.29. The van der Waals surface area contributed by atoms with Crippen molar-refractivity contribution in [1.29, 1.82) is 0 Å². The van der Waals surface area contributed by atoms with Gasteiger partial charge in [0.2, 0.25) is 5.91 Å². The number of anilines is 1. The minimum atomic E-state index is -0.230. The highest BCUT2D eigenvalue weighted by Gasteiger charge is 2.53. The maximum atomic E-state index is 14.0. The molecule has 1 fully saturated rings. The average molecular weight is 633 g/mol. The Morgan fingerprint density at radius 3 is 2.54 bits per heavy atom. The lowest BCUT2D eigenvalue weighted by atomic mass is 9.66. The van der Waals surface area contributed by atoms with Crippen molar-refractivity contribution in [3.63, 3.8) is 0 Å². The summed E-state index contributed by atoms with van der Waals surface area (Å²) >= 11 is 0. The zero-order valence-electron chi connectivity index (χ0n) is 29.9. The number of carbonyl (C=O) groups excluding carboxylic acids is 1. The van der Waals surface area contributed by atoms with E-state index >= 15 is 0 Å². The van der Waals surface area contributed by atoms with Crippen LogP contribution in [0.15, 0.2) is 53.8 Å². The highest BCUT2D eigenvalue weighted by atomic mass is 16.5. The molecule has 7 heteroatoms. The molecule has 4 unspecified atom stereocenters. The minimum Gasteiger partial charge on any atom is -0.497 e. The number of amides is 1. The average Bonchev–Trinajstić information content (AvgIpc) is 3.23. The van der Waals surface area contributed by atoms with Crippen LogP contribution in [0.5, 0.6) is 0 Å². The standard InChI is InChI=1S/C39H60N4O3/c1-28(46-38(2,3)4)30-14-15-31-26-39(25-29-12-10-9-11-13-29)35-17-16-34(45-8)23-32(35)22-33(27-43(39)36(31)24-30)37(44)40-18-19-42(7)21-20-41(5)6/h14-17,22-24,28-29,32,35H,9-13,18-21,25-27H2,1-8H3,(H,40,44). The van der Waals surface area contributed by atoms with E-state index < -0.39 is 0 Å². The summed E-state index contributed by atoms with van der Waals surface area (Å²) in [4.78, 5) is 21.2. The molecule has 2 aliphatic heterocycles. The second kappa shape index (κ2) is 14.7. The lowest BCUT2D eigenvalue weighted by Crippen LogP contribution is -2.55. The molecule has 0 aromatic heterocycles. The molecule has 2 heterocycles. The van der Waals surface area contributed by atoms with E-state index in [1.54, 1.807) is 7.11 Å². The number of ether oxygens (including phenoxy) is 2. The van der Waals surface area contributed by atoms with Crippen molar-refractivity contribution in [2.75, 3.05) is 65.9 Å². The van der Waals surface area contributed by atoms with Crippen LogP contribution in [0.3, 0.4) is 0 Å². The number of carbonyl (C=O) groups is 1.